The van der Waals surface area contributed by atoms with Crippen LogP contribution >= 0.6 is 0 Å². The Morgan fingerprint density at radius 2 is 2.36 bits per heavy atom. The van der Waals surface area contributed by atoms with Crippen LogP contribution in [0.4, 0.5) is 4.79 Å². The third-order valence-corrected chi connectivity index (χ3v) is 2.84. The summed E-state index contributed by atoms with van der Waals surface area (Å²) in [6, 6.07) is 0. The van der Waals surface area contributed by atoms with E-state index in [1.165, 1.54) is 0 Å². The van der Waals surface area contributed by atoms with Crippen molar-refractivity contribution in [2.45, 2.75) is 44.6 Å². The van der Waals surface area contributed by atoms with Crippen LogP contribution in [0.15, 0.2) is 12.7 Å². The van der Waals surface area contributed by atoms with E-state index in [2.05, 4.69) is 6.58 Å². The minimum Gasteiger partial charge on any atom is -0.446 e. The molecule has 1 aliphatic rings. The molecule has 0 heterocycles. The highest BCUT2D eigenvalue weighted by Gasteiger charge is 2.29. The predicted molar refractivity (Wildman–Crippen MR) is 55.8 cm³/mol. The molecular formula is C11H19NO2. The normalized spacial score (nSPS) is 26.0. The van der Waals surface area contributed by atoms with Crippen molar-refractivity contribution in [3.05, 3.63) is 12.7 Å². The first-order valence-corrected chi connectivity index (χ1v) is 5.31. The summed E-state index contributed by atoms with van der Waals surface area (Å²) in [5.41, 5.74) is 5.01. The molecule has 0 aromatic heterocycles. The first-order valence-electron chi connectivity index (χ1n) is 5.31. The topological polar surface area (TPSA) is 52.3 Å². The lowest BCUT2D eigenvalue weighted by molar-refractivity contribution is 0.0802. The average Bonchev–Trinajstić information content (AvgIpc) is 2.52. The van der Waals surface area contributed by atoms with Crippen LogP contribution in [0.25, 0.3) is 0 Å². The van der Waals surface area contributed by atoms with Crippen LogP contribution in [0.5, 0.6) is 0 Å². The van der Waals surface area contributed by atoms with Crippen molar-refractivity contribution in [3.63, 3.8) is 0 Å². The zero-order chi connectivity index (χ0) is 10.4. The molecule has 2 atom stereocenters. The van der Waals surface area contributed by atoms with Crippen LogP contribution in [0, 0.1) is 5.92 Å². The Morgan fingerprint density at radius 1 is 1.57 bits per heavy atom. The molecule has 3 heteroatoms. The number of nitrogens with two attached hydrogens (primary N) is 1. The summed E-state index contributed by atoms with van der Waals surface area (Å²) in [6.45, 7) is 3.69. The Labute approximate surface area is 85.3 Å². The largest absolute Gasteiger partial charge is 0.446 e. The van der Waals surface area contributed by atoms with Gasteiger partial charge in [0.1, 0.15) is 6.10 Å². The maximum absolute atomic E-state index is 10.6. The molecule has 0 saturated heterocycles. The third-order valence-electron chi connectivity index (χ3n) is 2.84. The number of hydrogen-bond donors (Lipinski definition) is 1. The van der Waals surface area contributed by atoms with Crippen molar-refractivity contribution in [3.8, 4) is 0 Å². The summed E-state index contributed by atoms with van der Waals surface area (Å²) in [4.78, 5) is 10.6. The predicted octanol–water partition coefficient (Wildman–Crippen LogP) is 2.61. The minimum atomic E-state index is -0.634. The van der Waals surface area contributed by atoms with Gasteiger partial charge in [0.15, 0.2) is 0 Å². The van der Waals surface area contributed by atoms with E-state index in [9.17, 15) is 4.79 Å². The van der Waals surface area contributed by atoms with E-state index in [-0.39, 0.29) is 6.10 Å². The Morgan fingerprint density at radius 3 is 3.00 bits per heavy atom. The van der Waals surface area contributed by atoms with E-state index in [4.69, 9.17) is 10.5 Å². The van der Waals surface area contributed by atoms with Crippen LogP contribution in [-0.4, -0.2) is 12.2 Å². The molecule has 0 bridgehead atoms. The minimum absolute atomic E-state index is 0.0670. The fraction of sp³-hybridized carbons (Fsp3) is 0.727. The highest BCUT2D eigenvalue weighted by Crippen LogP contribution is 2.32. The summed E-state index contributed by atoms with van der Waals surface area (Å²) in [7, 11) is 0. The summed E-state index contributed by atoms with van der Waals surface area (Å²) in [5.74, 6) is 0.516. The molecule has 1 fully saturated rings. The van der Waals surface area contributed by atoms with Gasteiger partial charge in [0, 0.05) is 0 Å². The first-order chi connectivity index (χ1) is 6.74. The van der Waals surface area contributed by atoms with E-state index in [1.807, 2.05) is 6.08 Å². The van der Waals surface area contributed by atoms with Gasteiger partial charge in [0.2, 0.25) is 0 Å². The smallest absolute Gasteiger partial charge is 0.404 e. The fourth-order valence-corrected chi connectivity index (χ4v) is 2.16. The molecule has 1 aliphatic carbocycles. The third kappa shape index (κ3) is 3.40. The van der Waals surface area contributed by atoms with Gasteiger partial charge in [0.05, 0.1) is 0 Å². The Kier molecular flexibility index (Phi) is 4.50. The van der Waals surface area contributed by atoms with Crippen molar-refractivity contribution in [2.24, 2.45) is 11.7 Å². The number of primary amides is 1. The number of amides is 1. The monoisotopic (exact) mass is 197 g/mol. The second kappa shape index (κ2) is 5.68. The molecule has 0 radical (unpaired) electrons. The highest BCUT2D eigenvalue weighted by atomic mass is 16.6. The number of carbonyl (C=O) groups is 1. The number of ether oxygens (including phenoxy) is 1. The summed E-state index contributed by atoms with van der Waals surface area (Å²) < 4.78 is 5.07. The SMILES string of the molecule is C=CCCC[C@@H]1CCC[C@H]1OC(N)=O. The summed E-state index contributed by atoms with van der Waals surface area (Å²) >= 11 is 0. The molecule has 0 aliphatic heterocycles. The van der Waals surface area contributed by atoms with Gasteiger partial charge in [-0.1, -0.05) is 6.08 Å². The van der Waals surface area contributed by atoms with Gasteiger partial charge in [-0.2, -0.15) is 0 Å². The Balaban J connectivity index is 2.27. The molecule has 80 valence electrons. The lowest BCUT2D eigenvalue weighted by Crippen LogP contribution is -2.25. The molecule has 0 spiro atoms. The van der Waals surface area contributed by atoms with Crippen molar-refractivity contribution in [1.82, 2.24) is 0 Å². The van der Waals surface area contributed by atoms with Gasteiger partial charge in [-0.15, -0.1) is 6.58 Å². The number of carbonyl (C=O) groups excluding carboxylic acids is 1. The molecular weight excluding hydrogens is 178 g/mol. The van der Waals surface area contributed by atoms with E-state index < -0.39 is 6.09 Å². The maximum Gasteiger partial charge on any atom is 0.404 e. The number of rotatable bonds is 5. The van der Waals surface area contributed by atoms with E-state index >= 15 is 0 Å². The number of allylic oxidation sites excluding steroid dienone is 1. The molecule has 0 unspecified atom stereocenters. The Bertz CT molecular complexity index is 203. The van der Waals surface area contributed by atoms with E-state index in [0.717, 1.165) is 38.5 Å². The lowest BCUT2D eigenvalue weighted by Gasteiger charge is -2.18. The zero-order valence-electron chi connectivity index (χ0n) is 8.58. The quantitative estimate of drug-likeness (QED) is 0.544. The van der Waals surface area contributed by atoms with Crippen molar-refractivity contribution >= 4 is 6.09 Å². The van der Waals surface area contributed by atoms with Gasteiger partial charge in [-0.25, -0.2) is 4.79 Å². The summed E-state index contributed by atoms with van der Waals surface area (Å²) in [5, 5.41) is 0. The molecule has 2 N–H and O–H groups in total. The van der Waals surface area contributed by atoms with Crippen molar-refractivity contribution < 1.29 is 9.53 Å². The van der Waals surface area contributed by atoms with Crippen molar-refractivity contribution in [2.75, 3.05) is 0 Å². The first kappa shape index (κ1) is 11.1. The summed E-state index contributed by atoms with van der Waals surface area (Å²) in [6.07, 6.45) is 7.94. The molecule has 3 nitrogen and oxygen atoms in total. The van der Waals surface area contributed by atoms with Gasteiger partial charge in [-0.05, 0) is 44.4 Å². The molecule has 0 aromatic rings. The van der Waals surface area contributed by atoms with E-state index in [0.29, 0.717) is 5.92 Å². The van der Waals surface area contributed by atoms with Crippen molar-refractivity contribution in [1.29, 1.82) is 0 Å². The van der Waals surface area contributed by atoms with Crippen LogP contribution in [0.1, 0.15) is 38.5 Å². The molecule has 1 rings (SSSR count). The lowest BCUT2D eigenvalue weighted by atomic mass is 9.98. The molecule has 14 heavy (non-hydrogen) atoms. The van der Waals surface area contributed by atoms with Gasteiger partial charge in [0.25, 0.3) is 0 Å². The fourth-order valence-electron chi connectivity index (χ4n) is 2.16. The number of hydrogen-bond acceptors (Lipinski definition) is 2. The Hall–Kier alpha value is -0.990. The second-order valence-electron chi connectivity index (χ2n) is 3.89. The second-order valence-corrected chi connectivity index (χ2v) is 3.89. The maximum atomic E-state index is 10.6. The standard InChI is InChI=1S/C11H19NO2/c1-2-3-4-6-9-7-5-8-10(9)14-11(12)13/h2,9-10H,1,3-8H2,(H2,12,13)/t9-,10-/m1/s1. The van der Waals surface area contributed by atoms with Gasteiger partial charge >= 0.3 is 6.09 Å². The van der Waals surface area contributed by atoms with Gasteiger partial charge in [-0.3, -0.25) is 0 Å². The van der Waals surface area contributed by atoms with Gasteiger partial charge < -0.3 is 10.5 Å². The van der Waals surface area contributed by atoms with Crippen LogP contribution in [-0.2, 0) is 4.74 Å². The number of unbranched alkanes of at least 4 members (excludes halogenated alkanes) is 1. The highest BCUT2D eigenvalue weighted by molar-refractivity contribution is 5.64. The van der Waals surface area contributed by atoms with Crippen LogP contribution in [0.2, 0.25) is 0 Å². The molecule has 1 amide bonds. The molecule has 1 saturated carbocycles. The molecule has 0 aromatic carbocycles. The zero-order valence-corrected chi connectivity index (χ0v) is 8.58. The van der Waals surface area contributed by atoms with E-state index in [1.54, 1.807) is 0 Å². The van der Waals surface area contributed by atoms with Crippen LogP contribution < -0.4 is 5.73 Å². The van der Waals surface area contributed by atoms with Crippen LogP contribution in [0.3, 0.4) is 0 Å². The average molecular weight is 197 g/mol.